The summed E-state index contributed by atoms with van der Waals surface area (Å²) in [6, 6.07) is 23.2. The van der Waals surface area contributed by atoms with E-state index in [1.165, 1.54) is 0 Å². The summed E-state index contributed by atoms with van der Waals surface area (Å²) >= 11 is 0. The molecule has 0 radical (unpaired) electrons. The lowest BCUT2D eigenvalue weighted by Crippen LogP contribution is -2.13. The predicted octanol–water partition coefficient (Wildman–Crippen LogP) is 5.23. The Hall–Kier alpha value is -3.40. The number of nitrogens with zero attached hydrogens (tertiary/aromatic N) is 1. The monoisotopic (exact) mass is 356 g/mol. The number of anilines is 1. The van der Waals surface area contributed by atoms with Crippen molar-refractivity contribution in [3.8, 4) is 0 Å². The molecule has 0 fully saturated rings. The minimum Gasteiger partial charge on any atom is -0.440 e. The number of rotatable bonds is 5. The second kappa shape index (κ2) is 7.46. The van der Waals surface area contributed by atoms with Crippen LogP contribution >= 0.6 is 0 Å². The van der Waals surface area contributed by atoms with Crippen molar-refractivity contribution in [3.63, 3.8) is 0 Å². The molecule has 1 aromatic heterocycles. The molecule has 134 valence electrons. The Morgan fingerprint density at radius 1 is 1.00 bits per heavy atom. The van der Waals surface area contributed by atoms with Gasteiger partial charge in [-0.05, 0) is 41.8 Å². The maximum absolute atomic E-state index is 12.7. The molecule has 0 bridgehead atoms. The Labute approximate surface area is 157 Å². The van der Waals surface area contributed by atoms with E-state index in [2.05, 4.69) is 17.2 Å². The van der Waals surface area contributed by atoms with Crippen molar-refractivity contribution in [2.75, 3.05) is 5.32 Å². The zero-order valence-electron chi connectivity index (χ0n) is 15.1. The maximum Gasteiger partial charge on any atom is 0.255 e. The molecule has 4 heteroatoms. The summed E-state index contributed by atoms with van der Waals surface area (Å²) in [5, 5.41) is 2.99. The molecule has 0 unspecified atom stereocenters. The van der Waals surface area contributed by atoms with E-state index in [0.29, 0.717) is 23.5 Å². The summed E-state index contributed by atoms with van der Waals surface area (Å²) in [7, 11) is 0. The maximum atomic E-state index is 12.7. The number of carbonyl (C=O) groups is 1. The van der Waals surface area contributed by atoms with Crippen LogP contribution in [-0.2, 0) is 12.8 Å². The Balaban J connectivity index is 1.56. The molecule has 4 nitrogen and oxygen atoms in total. The normalized spacial score (nSPS) is 10.9. The van der Waals surface area contributed by atoms with Gasteiger partial charge in [0.2, 0.25) is 0 Å². The molecule has 4 rings (SSSR count). The zero-order chi connectivity index (χ0) is 18.6. The number of aromatic nitrogens is 1. The Morgan fingerprint density at radius 3 is 2.59 bits per heavy atom. The first-order valence-electron chi connectivity index (χ1n) is 9.05. The number of benzene rings is 3. The van der Waals surface area contributed by atoms with E-state index in [4.69, 9.17) is 4.42 Å². The van der Waals surface area contributed by atoms with E-state index in [9.17, 15) is 4.79 Å². The van der Waals surface area contributed by atoms with Crippen molar-refractivity contribution >= 4 is 22.7 Å². The van der Waals surface area contributed by atoms with Gasteiger partial charge in [0.05, 0.1) is 0 Å². The lowest BCUT2D eigenvalue weighted by molar-refractivity contribution is 0.102. The SMILES string of the molecule is CCc1ccccc1NC(=O)c1ccc2nc(Cc3ccccc3)oc2c1. The minimum atomic E-state index is -0.154. The highest BCUT2D eigenvalue weighted by Crippen LogP contribution is 2.21. The van der Waals surface area contributed by atoms with Gasteiger partial charge in [0.15, 0.2) is 11.5 Å². The van der Waals surface area contributed by atoms with Crippen LogP contribution < -0.4 is 5.32 Å². The fourth-order valence-corrected chi connectivity index (χ4v) is 3.10. The molecule has 1 N–H and O–H groups in total. The number of fused-ring (bicyclic) bond motifs is 1. The Morgan fingerprint density at radius 2 is 1.78 bits per heavy atom. The van der Waals surface area contributed by atoms with E-state index in [-0.39, 0.29) is 5.91 Å². The topological polar surface area (TPSA) is 55.1 Å². The second-order valence-electron chi connectivity index (χ2n) is 6.42. The highest BCUT2D eigenvalue weighted by Gasteiger charge is 2.12. The number of aryl methyl sites for hydroxylation is 1. The third-order valence-corrected chi connectivity index (χ3v) is 4.54. The second-order valence-corrected chi connectivity index (χ2v) is 6.42. The number of oxazole rings is 1. The fourth-order valence-electron chi connectivity index (χ4n) is 3.10. The molecule has 4 aromatic rings. The fraction of sp³-hybridized carbons (Fsp3) is 0.130. The van der Waals surface area contributed by atoms with Crippen LogP contribution in [0.5, 0.6) is 0 Å². The molecule has 0 aliphatic rings. The minimum absolute atomic E-state index is 0.154. The number of nitrogens with one attached hydrogen (secondary N) is 1. The van der Waals surface area contributed by atoms with Gasteiger partial charge in [0.25, 0.3) is 5.91 Å². The van der Waals surface area contributed by atoms with Crippen molar-refractivity contribution in [1.82, 2.24) is 4.98 Å². The lowest BCUT2D eigenvalue weighted by atomic mass is 10.1. The lowest BCUT2D eigenvalue weighted by Gasteiger charge is -2.09. The van der Waals surface area contributed by atoms with Gasteiger partial charge < -0.3 is 9.73 Å². The largest absolute Gasteiger partial charge is 0.440 e. The van der Waals surface area contributed by atoms with Gasteiger partial charge in [-0.2, -0.15) is 0 Å². The van der Waals surface area contributed by atoms with Crippen LogP contribution in [-0.4, -0.2) is 10.9 Å². The van der Waals surface area contributed by atoms with Crippen molar-refractivity contribution in [3.05, 3.63) is 95.4 Å². The number of para-hydroxylation sites is 1. The standard InChI is InChI=1S/C23H20N2O2/c1-2-17-10-6-7-11-19(17)25-23(26)18-12-13-20-21(15-18)27-22(24-20)14-16-8-4-3-5-9-16/h3-13,15H,2,14H2,1H3,(H,25,26). The van der Waals surface area contributed by atoms with Gasteiger partial charge in [0, 0.05) is 17.7 Å². The molecular formula is C23H20N2O2. The predicted molar refractivity (Wildman–Crippen MR) is 107 cm³/mol. The van der Waals surface area contributed by atoms with Gasteiger partial charge >= 0.3 is 0 Å². The van der Waals surface area contributed by atoms with Crippen LogP contribution in [0.15, 0.2) is 77.2 Å². The number of carbonyl (C=O) groups excluding carboxylic acids is 1. The van der Waals surface area contributed by atoms with Crippen LogP contribution in [0, 0.1) is 0 Å². The smallest absolute Gasteiger partial charge is 0.255 e. The molecule has 0 aliphatic heterocycles. The summed E-state index contributed by atoms with van der Waals surface area (Å²) in [4.78, 5) is 17.2. The van der Waals surface area contributed by atoms with E-state index in [1.54, 1.807) is 12.1 Å². The molecule has 0 spiro atoms. The first-order valence-corrected chi connectivity index (χ1v) is 9.05. The summed E-state index contributed by atoms with van der Waals surface area (Å²) in [6.07, 6.45) is 1.49. The molecular weight excluding hydrogens is 336 g/mol. The molecule has 0 aliphatic carbocycles. The van der Waals surface area contributed by atoms with Crippen molar-refractivity contribution in [2.24, 2.45) is 0 Å². The number of hydrogen-bond donors (Lipinski definition) is 1. The molecule has 1 heterocycles. The van der Waals surface area contributed by atoms with Gasteiger partial charge in [-0.25, -0.2) is 4.98 Å². The van der Waals surface area contributed by atoms with Crippen LogP contribution in [0.3, 0.4) is 0 Å². The van der Waals surface area contributed by atoms with E-state index in [1.807, 2.05) is 60.7 Å². The Kier molecular flexibility index (Phi) is 4.71. The first-order chi connectivity index (χ1) is 13.2. The van der Waals surface area contributed by atoms with Gasteiger partial charge in [-0.15, -0.1) is 0 Å². The van der Waals surface area contributed by atoms with Crippen LogP contribution in [0.4, 0.5) is 5.69 Å². The summed E-state index contributed by atoms with van der Waals surface area (Å²) in [5.74, 6) is 0.490. The van der Waals surface area contributed by atoms with Crippen LogP contribution in [0.25, 0.3) is 11.1 Å². The summed E-state index contributed by atoms with van der Waals surface area (Å²) in [6.45, 7) is 2.07. The van der Waals surface area contributed by atoms with Crippen molar-refractivity contribution < 1.29 is 9.21 Å². The van der Waals surface area contributed by atoms with Crippen molar-refractivity contribution in [2.45, 2.75) is 19.8 Å². The van der Waals surface area contributed by atoms with Gasteiger partial charge in [-0.1, -0.05) is 55.5 Å². The average Bonchev–Trinajstić information content (AvgIpc) is 3.10. The zero-order valence-corrected chi connectivity index (χ0v) is 15.1. The molecule has 3 aromatic carbocycles. The molecule has 0 saturated carbocycles. The highest BCUT2D eigenvalue weighted by atomic mass is 16.3. The molecule has 27 heavy (non-hydrogen) atoms. The molecule has 1 amide bonds. The van der Waals surface area contributed by atoms with E-state index in [0.717, 1.165) is 28.8 Å². The first kappa shape index (κ1) is 17.0. The third-order valence-electron chi connectivity index (χ3n) is 4.54. The highest BCUT2D eigenvalue weighted by molar-refractivity contribution is 6.06. The Bertz CT molecular complexity index is 1080. The van der Waals surface area contributed by atoms with E-state index < -0.39 is 0 Å². The van der Waals surface area contributed by atoms with Crippen LogP contribution in [0.2, 0.25) is 0 Å². The van der Waals surface area contributed by atoms with Crippen LogP contribution in [0.1, 0.15) is 34.3 Å². The van der Waals surface area contributed by atoms with Gasteiger partial charge in [-0.3, -0.25) is 4.79 Å². The number of hydrogen-bond acceptors (Lipinski definition) is 3. The third kappa shape index (κ3) is 3.75. The quantitative estimate of drug-likeness (QED) is 0.532. The van der Waals surface area contributed by atoms with Crippen molar-refractivity contribution in [1.29, 1.82) is 0 Å². The summed E-state index contributed by atoms with van der Waals surface area (Å²) < 4.78 is 5.87. The van der Waals surface area contributed by atoms with E-state index >= 15 is 0 Å². The number of amides is 1. The molecule has 0 atom stereocenters. The molecule has 0 saturated heterocycles. The average molecular weight is 356 g/mol. The summed E-state index contributed by atoms with van der Waals surface area (Å²) in [5.41, 5.74) is 5.02. The van der Waals surface area contributed by atoms with Gasteiger partial charge in [0.1, 0.15) is 5.52 Å².